The van der Waals surface area contributed by atoms with E-state index >= 15 is 0 Å². The maximum absolute atomic E-state index is 12.3. The van der Waals surface area contributed by atoms with E-state index < -0.39 is 10.0 Å². The van der Waals surface area contributed by atoms with Crippen LogP contribution < -0.4 is 4.72 Å². The number of nitrogens with one attached hydrogen (secondary N) is 1. The standard InChI is InChI=1S/C13H13ClN2O2S2/c1-2-19-12-6-4-3-5-11(12)16-20(17,18)10-7-8-13(14)15-9-10/h3-9,16H,2H2,1H3. The number of nitrogens with zero attached hydrogens (tertiary/aromatic N) is 1. The summed E-state index contributed by atoms with van der Waals surface area (Å²) in [6.45, 7) is 2.01. The van der Waals surface area contributed by atoms with Crippen LogP contribution in [-0.4, -0.2) is 19.2 Å². The van der Waals surface area contributed by atoms with Crippen molar-refractivity contribution < 1.29 is 8.42 Å². The molecule has 1 aromatic heterocycles. The highest BCUT2D eigenvalue weighted by molar-refractivity contribution is 7.99. The van der Waals surface area contributed by atoms with Gasteiger partial charge in [-0.15, -0.1) is 11.8 Å². The number of halogens is 1. The summed E-state index contributed by atoms with van der Waals surface area (Å²) >= 11 is 7.24. The minimum atomic E-state index is -3.66. The number of sulfonamides is 1. The van der Waals surface area contributed by atoms with E-state index in [1.807, 2.05) is 19.1 Å². The van der Waals surface area contributed by atoms with Crippen LogP contribution in [0.3, 0.4) is 0 Å². The molecule has 0 bridgehead atoms. The Morgan fingerprint density at radius 2 is 2.00 bits per heavy atom. The van der Waals surface area contributed by atoms with Gasteiger partial charge in [0, 0.05) is 11.1 Å². The molecule has 0 radical (unpaired) electrons. The Morgan fingerprint density at radius 3 is 2.65 bits per heavy atom. The molecule has 0 aliphatic carbocycles. The monoisotopic (exact) mass is 328 g/mol. The van der Waals surface area contributed by atoms with Crippen LogP contribution in [0.25, 0.3) is 0 Å². The number of hydrogen-bond donors (Lipinski definition) is 1. The molecular weight excluding hydrogens is 316 g/mol. The van der Waals surface area contributed by atoms with Crippen molar-refractivity contribution in [2.75, 3.05) is 10.5 Å². The van der Waals surface area contributed by atoms with Crippen LogP contribution >= 0.6 is 23.4 Å². The molecule has 1 heterocycles. The topological polar surface area (TPSA) is 59.1 Å². The third-order valence-electron chi connectivity index (χ3n) is 2.44. The van der Waals surface area contributed by atoms with Crippen molar-refractivity contribution in [2.45, 2.75) is 16.7 Å². The van der Waals surface area contributed by atoms with Gasteiger partial charge in [-0.25, -0.2) is 13.4 Å². The van der Waals surface area contributed by atoms with Crippen LogP contribution in [-0.2, 0) is 10.0 Å². The van der Waals surface area contributed by atoms with Gasteiger partial charge in [0.05, 0.1) is 5.69 Å². The van der Waals surface area contributed by atoms with Gasteiger partial charge in [0.1, 0.15) is 10.0 Å². The number of benzene rings is 1. The van der Waals surface area contributed by atoms with Gasteiger partial charge in [-0.05, 0) is 30.0 Å². The molecule has 0 spiro atoms. The van der Waals surface area contributed by atoms with Gasteiger partial charge in [0.2, 0.25) is 0 Å². The zero-order valence-corrected chi connectivity index (χ0v) is 13.1. The average Bonchev–Trinajstić information content (AvgIpc) is 2.41. The maximum Gasteiger partial charge on any atom is 0.263 e. The zero-order valence-electron chi connectivity index (χ0n) is 10.7. The number of hydrogen-bond acceptors (Lipinski definition) is 4. The highest BCUT2D eigenvalue weighted by atomic mass is 35.5. The molecule has 7 heteroatoms. The molecule has 0 aliphatic heterocycles. The third-order valence-corrected chi connectivity index (χ3v) is 4.97. The number of aromatic nitrogens is 1. The van der Waals surface area contributed by atoms with Crippen LogP contribution in [0.15, 0.2) is 52.4 Å². The first-order chi connectivity index (χ1) is 9.53. The lowest BCUT2D eigenvalue weighted by Crippen LogP contribution is -2.13. The number of anilines is 1. The van der Waals surface area contributed by atoms with E-state index in [4.69, 9.17) is 11.6 Å². The first-order valence-electron chi connectivity index (χ1n) is 5.89. The molecule has 2 rings (SSSR count). The van der Waals surface area contributed by atoms with Crippen LogP contribution in [0.4, 0.5) is 5.69 Å². The Kier molecular flexibility index (Phi) is 4.91. The minimum Gasteiger partial charge on any atom is -0.278 e. The lowest BCUT2D eigenvalue weighted by atomic mass is 10.3. The van der Waals surface area contributed by atoms with Gasteiger partial charge in [-0.3, -0.25) is 4.72 Å². The van der Waals surface area contributed by atoms with Crippen LogP contribution in [0.1, 0.15) is 6.92 Å². The first kappa shape index (κ1) is 15.2. The fourth-order valence-electron chi connectivity index (χ4n) is 1.56. The van der Waals surface area contributed by atoms with Crippen molar-refractivity contribution in [1.29, 1.82) is 0 Å². The Labute approximate surface area is 127 Å². The molecule has 0 aliphatic rings. The van der Waals surface area contributed by atoms with Crippen molar-refractivity contribution in [2.24, 2.45) is 0 Å². The second kappa shape index (κ2) is 6.47. The smallest absolute Gasteiger partial charge is 0.263 e. The van der Waals surface area contributed by atoms with E-state index in [1.54, 1.807) is 23.9 Å². The van der Waals surface area contributed by atoms with Crippen molar-refractivity contribution >= 4 is 39.1 Å². The van der Waals surface area contributed by atoms with Gasteiger partial charge in [-0.2, -0.15) is 0 Å². The maximum atomic E-state index is 12.3. The van der Waals surface area contributed by atoms with Gasteiger partial charge < -0.3 is 0 Å². The number of pyridine rings is 1. The third kappa shape index (κ3) is 3.65. The van der Waals surface area contributed by atoms with Gasteiger partial charge in [0.25, 0.3) is 10.0 Å². The Morgan fingerprint density at radius 1 is 1.25 bits per heavy atom. The van der Waals surface area contributed by atoms with E-state index in [0.29, 0.717) is 5.69 Å². The Hall–Kier alpha value is -1.24. The minimum absolute atomic E-state index is 0.0817. The molecule has 1 N–H and O–H groups in total. The Bertz CT molecular complexity index is 688. The van der Waals surface area contributed by atoms with E-state index in [9.17, 15) is 8.42 Å². The largest absolute Gasteiger partial charge is 0.278 e. The molecule has 0 atom stereocenters. The number of para-hydroxylation sites is 1. The summed E-state index contributed by atoms with van der Waals surface area (Å²) in [5, 5.41) is 0.255. The van der Waals surface area contributed by atoms with E-state index in [2.05, 4.69) is 9.71 Å². The molecule has 2 aromatic rings. The lowest BCUT2D eigenvalue weighted by Gasteiger charge is -2.11. The average molecular weight is 329 g/mol. The first-order valence-corrected chi connectivity index (χ1v) is 8.74. The SMILES string of the molecule is CCSc1ccccc1NS(=O)(=O)c1ccc(Cl)nc1. The summed E-state index contributed by atoms with van der Waals surface area (Å²) in [5.74, 6) is 0.862. The predicted octanol–water partition coefficient (Wildman–Crippen LogP) is 3.65. The summed E-state index contributed by atoms with van der Waals surface area (Å²) in [5.41, 5.74) is 0.564. The summed E-state index contributed by atoms with van der Waals surface area (Å²) in [6.07, 6.45) is 1.24. The fraction of sp³-hybridized carbons (Fsp3) is 0.154. The summed E-state index contributed by atoms with van der Waals surface area (Å²) < 4.78 is 27.1. The molecule has 0 saturated carbocycles. The van der Waals surface area contributed by atoms with E-state index in [1.165, 1.54) is 18.3 Å². The van der Waals surface area contributed by atoms with Crippen molar-refractivity contribution in [3.63, 3.8) is 0 Å². The van der Waals surface area contributed by atoms with Crippen LogP contribution in [0.5, 0.6) is 0 Å². The van der Waals surface area contributed by atoms with Gasteiger partial charge in [0.15, 0.2) is 0 Å². The van der Waals surface area contributed by atoms with Crippen molar-refractivity contribution in [1.82, 2.24) is 4.98 Å². The summed E-state index contributed by atoms with van der Waals surface area (Å²) in [4.78, 5) is 4.76. The molecule has 1 aromatic carbocycles. The number of thioether (sulfide) groups is 1. The molecule has 0 fully saturated rings. The molecule has 4 nitrogen and oxygen atoms in total. The van der Waals surface area contributed by atoms with Crippen LogP contribution in [0.2, 0.25) is 5.15 Å². The van der Waals surface area contributed by atoms with E-state index in [0.717, 1.165) is 10.6 Å². The molecule has 0 saturated heterocycles. The Balaban J connectivity index is 2.31. The summed E-state index contributed by atoms with van der Waals surface area (Å²) in [7, 11) is -3.66. The van der Waals surface area contributed by atoms with E-state index in [-0.39, 0.29) is 10.0 Å². The highest BCUT2D eigenvalue weighted by Gasteiger charge is 2.16. The molecule has 106 valence electrons. The second-order valence-corrected chi connectivity index (χ2v) is 7.23. The quantitative estimate of drug-likeness (QED) is 0.672. The summed E-state index contributed by atoms with van der Waals surface area (Å²) in [6, 6.07) is 10.2. The second-order valence-electron chi connectivity index (χ2n) is 3.85. The molecule has 20 heavy (non-hydrogen) atoms. The fourth-order valence-corrected chi connectivity index (χ4v) is 3.52. The van der Waals surface area contributed by atoms with Gasteiger partial charge >= 0.3 is 0 Å². The van der Waals surface area contributed by atoms with Crippen LogP contribution in [0, 0.1) is 0 Å². The molecule has 0 amide bonds. The molecule has 0 unspecified atom stereocenters. The lowest BCUT2D eigenvalue weighted by molar-refractivity contribution is 0.600. The normalized spacial score (nSPS) is 11.3. The number of rotatable bonds is 5. The van der Waals surface area contributed by atoms with Gasteiger partial charge in [-0.1, -0.05) is 30.7 Å². The zero-order chi connectivity index (χ0) is 14.6. The highest BCUT2D eigenvalue weighted by Crippen LogP contribution is 2.28. The van der Waals surface area contributed by atoms with Crippen molar-refractivity contribution in [3.05, 3.63) is 47.7 Å². The van der Waals surface area contributed by atoms with Crippen molar-refractivity contribution in [3.8, 4) is 0 Å². The predicted molar refractivity (Wildman–Crippen MR) is 82.9 cm³/mol. The molecular formula is C13H13ClN2O2S2.